The molecule has 1 heterocycles. The van der Waals surface area contributed by atoms with Gasteiger partial charge in [0.1, 0.15) is 0 Å². The highest BCUT2D eigenvalue weighted by atomic mass is 16.2. The van der Waals surface area contributed by atoms with E-state index in [2.05, 4.69) is 32.6 Å². The molecule has 1 saturated heterocycles. The molecule has 1 rings (SSSR count). The Kier molecular flexibility index (Phi) is 5.64. The van der Waals surface area contributed by atoms with Crippen LogP contribution in [0.4, 0.5) is 0 Å². The van der Waals surface area contributed by atoms with Crippen molar-refractivity contribution in [2.45, 2.75) is 65.3 Å². The van der Waals surface area contributed by atoms with Crippen LogP contribution in [-0.4, -0.2) is 29.4 Å². The molecule has 1 unspecified atom stereocenters. The maximum atomic E-state index is 12.3. The molecule has 1 fully saturated rings. The number of carbonyl (C=O) groups is 1. The summed E-state index contributed by atoms with van der Waals surface area (Å²) in [6.45, 7) is 10.5. The van der Waals surface area contributed by atoms with E-state index in [1.165, 1.54) is 0 Å². The zero-order chi connectivity index (χ0) is 13.8. The molecule has 18 heavy (non-hydrogen) atoms. The van der Waals surface area contributed by atoms with Crippen LogP contribution in [-0.2, 0) is 4.79 Å². The number of hydrogen-bond donors (Lipinski definition) is 1. The Labute approximate surface area is 112 Å². The van der Waals surface area contributed by atoms with E-state index in [0.717, 1.165) is 38.8 Å². The molecule has 3 heteroatoms. The van der Waals surface area contributed by atoms with Crippen molar-refractivity contribution in [1.82, 2.24) is 4.90 Å². The summed E-state index contributed by atoms with van der Waals surface area (Å²) < 4.78 is 0. The molecule has 3 nitrogen and oxygen atoms in total. The lowest BCUT2D eigenvalue weighted by molar-refractivity contribution is -0.134. The summed E-state index contributed by atoms with van der Waals surface area (Å²) in [5.41, 5.74) is 5.71. The summed E-state index contributed by atoms with van der Waals surface area (Å²) in [6.07, 6.45) is 4.99. The molecule has 0 bridgehead atoms. The number of carbonyl (C=O) groups excluding carboxylic acids is 1. The van der Waals surface area contributed by atoms with Crippen LogP contribution < -0.4 is 5.73 Å². The molecule has 0 aromatic carbocycles. The zero-order valence-corrected chi connectivity index (χ0v) is 12.5. The quantitative estimate of drug-likeness (QED) is 0.792. The fraction of sp³-hybridized carbons (Fsp3) is 0.933. The number of hydrogen-bond acceptors (Lipinski definition) is 2. The fourth-order valence-electron chi connectivity index (χ4n) is 3.04. The first-order chi connectivity index (χ1) is 8.38. The zero-order valence-electron chi connectivity index (χ0n) is 12.5. The van der Waals surface area contributed by atoms with Crippen LogP contribution in [0.5, 0.6) is 0 Å². The highest BCUT2D eigenvalue weighted by Gasteiger charge is 2.35. The Morgan fingerprint density at radius 3 is 2.44 bits per heavy atom. The van der Waals surface area contributed by atoms with Gasteiger partial charge in [0.2, 0.25) is 5.91 Å². The molecule has 0 aromatic heterocycles. The van der Waals surface area contributed by atoms with Gasteiger partial charge >= 0.3 is 0 Å². The number of likely N-dealkylation sites (tertiary alicyclic amines) is 1. The molecular weight excluding hydrogens is 224 g/mol. The molecule has 0 aromatic rings. The highest BCUT2D eigenvalue weighted by Crippen LogP contribution is 2.30. The minimum Gasteiger partial charge on any atom is -0.338 e. The molecular formula is C15H30N2O. The summed E-state index contributed by atoms with van der Waals surface area (Å²) in [6, 6.07) is 0. The molecule has 0 saturated carbocycles. The van der Waals surface area contributed by atoms with E-state index in [4.69, 9.17) is 5.73 Å². The van der Waals surface area contributed by atoms with Crippen molar-refractivity contribution < 1.29 is 4.79 Å². The Morgan fingerprint density at radius 2 is 2.00 bits per heavy atom. The van der Waals surface area contributed by atoms with Gasteiger partial charge in [-0.2, -0.15) is 0 Å². The van der Waals surface area contributed by atoms with Gasteiger partial charge in [-0.3, -0.25) is 4.79 Å². The number of amides is 1. The van der Waals surface area contributed by atoms with Crippen LogP contribution in [0.15, 0.2) is 0 Å². The van der Waals surface area contributed by atoms with E-state index in [9.17, 15) is 4.79 Å². The summed E-state index contributed by atoms with van der Waals surface area (Å²) in [5, 5.41) is 0. The van der Waals surface area contributed by atoms with Crippen molar-refractivity contribution in [2.24, 2.45) is 17.6 Å². The van der Waals surface area contributed by atoms with Crippen LogP contribution in [0.3, 0.4) is 0 Å². The fourth-order valence-corrected chi connectivity index (χ4v) is 3.04. The number of nitrogens with two attached hydrogens (primary N) is 1. The summed E-state index contributed by atoms with van der Waals surface area (Å²) >= 11 is 0. The second-order valence-electron chi connectivity index (χ2n) is 6.58. The maximum absolute atomic E-state index is 12.3. The lowest BCUT2D eigenvalue weighted by atomic mass is 9.88. The molecule has 2 N–H and O–H groups in total. The van der Waals surface area contributed by atoms with Crippen LogP contribution >= 0.6 is 0 Å². The van der Waals surface area contributed by atoms with Gasteiger partial charge in [0.25, 0.3) is 0 Å². The van der Waals surface area contributed by atoms with E-state index in [0.29, 0.717) is 24.2 Å². The van der Waals surface area contributed by atoms with Gasteiger partial charge in [-0.15, -0.1) is 0 Å². The minimum atomic E-state index is 0.0677. The van der Waals surface area contributed by atoms with Crippen LogP contribution in [0.2, 0.25) is 0 Å². The minimum absolute atomic E-state index is 0.0677. The van der Waals surface area contributed by atoms with E-state index in [1.807, 2.05) is 0 Å². The molecule has 106 valence electrons. The standard InChI is InChI=1S/C15H30N2O/c1-12(2)13(8-10-16)6-7-14(18)17-11-5-9-15(17,3)4/h12-13H,5-11,16H2,1-4H3. The Bertz CT molecular complexity index is 274. The predicted molar refractivity (Wildman–Crippen MR) is 76.3 cm³/mol. The summed E-state index contributed by atoms with van der Waals surface area (Å²) in [5.74, 6) is 1.54. The average molecular weight is 254 g/mol. The highest BCUT2D eigenvalue weighted by molar-refractivity contribution is 5.77. The van der Waals surface area contributed by atoms with Crippen molar-refractivity contribution in [3.05, 3.63) is 0 Å². The molecule has 1 atom stereocenters. The van der Waals surface area contributed by atoms with Crippen LogP contribution in [0.25, 0.3) is 0 Å². The first-order valence-electron chi connectivity index (χ1n) is 7.39. The Hall–Kier alpha value is -0.570. The third-order valence-corrected chi connectivity index (χ3v) is 4.41. The number of rotatable bonds is 6. The summed E-state index contributed by atoms with van der Waals surface area (Å²) in [4.78, 5) is 14.4. The van der Waals surface area contributed by atoms with Crippen LogP contribution in [0.1, 0.15) is 59.8 Å². The van der Waals surface area contributed by atoms with Gasteiger partial charge in [-0.1, -0.05) is 13.8 Å². The van der Waals surface area contributed by atoms with E-state index >= 15 is 0 Å². The van der Waals surface area contributed by atoms with Gasteiger partial charge in [-0.05, 0) is 57.9 Å². The molecule has 0 aliphatic carbocycles. The summed E-state index contributed by atoms with van der Waals surface area (Å²) in [7, 11) is 0. The largest absolute Gasteiger partial charge is 0.338 e. The van der Waals surface area contributed by atoms with Crippen molar-refractivity contribution in [3.63, 3.8) is 0 Å². The topological polar surface area (TPSA) is 46.3 Å². The Morgan fingerprint density at radius 1 is 1.33 bits per heavy atom. The van der Waals surface area contributed by atoms with Crippen molar-refractivity contribution in [2.75, 3.05) is 13.1 Å². The van der Waals surface area contributed by atoms with Gasteiger partial charge in [0.15, 0.2) is 0 Å². The average Bonchev–Trinajstić information content (AvgIpc) is 2.63. The van der Waals surface area contributed by atoms with Gasteiger partial charge in [-0.25, -0.2) is 0 Å². The van der Waals surface area contributed by atoms with Gasteiger partial charge < -0.3 is 10.6 Å². The monoisotopic (exact) mass is 254 g/mol. The predicted octanol–water partition coefficient (Wildman–Crippen LogP) is 2.79. The third kappa shape index (κ3) is 3.98. The smallest absolute Gasteiger partial charge is 0.223 e. The third-order valence-electron chi connectivity index (χ3n) is 4.41. The second-order valence-corrected chi connectivity index (χ2v) is 6.58. The van der Waals surface area contributed by atoms with Crippen LogP contribution in [0, 0.1) is 11.8 Å². The maximum Gasteiger partial charge on any atom is 0.223 e. The van der Waals surface area contributed by atoms with E-state index in [-0.39, 0.29) is 5.54 Å². The van der Waals surface area contributed by atoms with Crippen molar-refractivity contribution >= 4 is 5.91 Å². The van der Waals surface area contributed by atoms with Crippen molar-refractivity contribution in [3.8, 4) is 0 Å². The van der Waals surface area contributed by atoms with E-state index in [1.54, 1.807) is 0 Å². The molecule has 1 aliphatic rings. The van der Waals surface area contributed by atoms with Crippen molar-refractivity contribution in [1.29, 1.82) is 0 Å². The molecule has 0 spiro atoms. The Balaban J connectivity index is 2.45. The molecule has 0 radical (unpaired) electrons. The lowest BCUT2D eigenvalue weighted by Crippen LogP contribution is -2.42. The second kappa shape index (κ2) is 6.55. The first kappa shape index (κ1) is 15.5. The molecule has 1 aliphatic heterocycles. The first-order valence-corrected chi connectivity index (χ1v) is 7.39. The van der Waals surface area contributed by atoms with Gasteiger partial charge in [0, 0.05) is 18.5 Å². The molecule has 1 amide bonds. The van der Waals surface area contributed by atoms with Gasteiger partial charge in [0.05, 0.1) is 0 Å². The van der Waals surface area contributed by atoms with E-state index < -0.39 is 0 Å². The number of nitrogens with zero attached hydrogens (tertiary/aromatic N) is 1. The SMILES string of the molecule is CC(C)C(CCN)CCC(=O)N1CCCC1(C)C. The lowest BCUT2D eigenvalue weighted by Gasteiger charge is -2.32. The normalized spacial score (nSPS) is 20.4.